The fourth-order valence-electron chi connectivity index (χ4n) is 5.43. The molecule has 1 aliphatic heterocycles. The van der Waals surface area contributed by atoms with Gasteiger partial charge in [0, 0.05) is 37.0 Å². The van der Waals surface area contributed by atoms with Crippen molar-refractivity contribution in [1.29, 1.82) is 0 Å². The van der Waals surface area contributed by atoms with Gasteiger partial charge in [0.15, 0.2) is 0 Å². The van der Waals surface area contributed by atoms with Gasteiger partial charge >= 0.3 is 0 Å². The maximum absolute atomic E-state index is 13.6. The molecule has 5 heteroatoms. The fraction of sp³-hybridized carbons (Fsp3) is 0.419. The second kappa shape index (κ2) is 12.7. The number of fused-ring (bicyclic) bond motifs is 1. The Bertz CT molecular complexity index is 1150. The zero-order chi connectivity index (χ0) is 25.3. The van der Waals surface area contributed by atoms with Gasteiger partial charge in [-0.1, -0.05) is 67.6 Å². The number of nitrogens with one attached hydrogen (secondary N) is 1. The molecule has 0 aromatic heterocycles. The third-order valence-corrected chi connectivity index (χ3v) is 7.61. The first-order valence-electron chi connectivity index (χ1n) is 13.4. The highest BCUT2D eigenvalue weighted by atomic mass is 16.2. The summed E-state index contributed by atoms with van der Waals surface area (Å²) in [5.74, 6) is 0.757. The molecule has 3 atom stereocenters. The van der Waals surface area contributed by atoms with Crippen molar-refractivity contribution in [2.24, 2.45) is 17.6 Å². The van der Waals surface area contributed by atoms with Gasteiger partial charge in [-0.05, 0) is 73.0 Å². The normalized spacial score (nSPS) is 19.2. The Morgan fingerprint density at radius 1 is 1.06 bits per heavy atom. The minimum atomic E-state index is -0.0539. The summed E-state index contributed by atoms with van der Waals surface area (Å²) in [6.45, 7) is 4.85. The van der Waals surface area contributed by atoms with E-state index in [4.69, 9.17) is 5.73 Å². The molecule has 5 nitrogen and oxygen atoms in total. The molecule has 1 aliphatic rings. The van der Waals surface area contributed by atoms with E-state index in [1.807, 2.05) is 48.5 Å². The molecule has 36 heavy (non-hydrogen) atoms. The van der Waals surface area contributed by atoms with E-state index in [1.54, 1.807) is 0 Å². The van der Waals surface area contributed by atoms with E-state index in [9.17, 15) is 9.59 Å². The second-order valence-corrected chi connectivity index (χ2v) is 10.1. The molecule has 0 radical (unpaired) electrons. The van der Waals surface area contributed by atoms with Crippen LogP contribution in [0.3, 0.4) is 0 Å². The number of benzene rings is 3. The highest BCUT2D eigenvalue weighted by molar-refractivity contribution is 5.98. The van der Waals surface area contributed by atoms with Crippen LogP contribution in [0.1, 0.15) is 60.9 Å². The first-order valence-corrected chi connectivity index (χ1v) is 13.4. The molecule has 0 spiro atoms. The molecule has 0 bridgehead atoms. The molecule has 0 aliphatic carbocycles. The summed E-state index contributed by atoms with van der Waals surface area (Å²) in [5.41, 5.74) is 7.76. The molecule has 1 fully saturated rings. The summed E-state index contributed by atoms with van der Waals surface area (Å²) < 4.78 is 0. The topological polar surface area (TPSA) is 75.4 Å². The summed E-state index contributed by atoms with van der Waals surface area (Å²) in [6, 6.07) is 24.4. The average molecular weight is 486 g/mol. The monoisotopic (exact) mass is 485 g/mol. The van der Waals surface area contributed by atoms with E-state index < -0.39 is 0 Å². The summed E-state index contributed by atoms with van der Waals surface area (Å²) in [6.07, 6.45) is 4.34. The number of rotatable bonds is 10. The van der Waals surface area contributed by atoms with Gasteiger partial charge in [0.1, 0.15) is 0 Å². The van der Waals surface area contributed by atoms with Crippen LogP contribution in [0, 0.1) is 11.8 Å². The van der Waals surface area contributed by atoms with Crippen molar-refractivity contribution in [3.63, 3.8) is 0 Å². The Labute approximate surface area is 215 Å². The number of hydrogen-bond acceptors (Lipinski definition) is 3. The van der Waals surface area contributed by atoms with Gasteiger partial charge in [-0.2, -0.15) is 0 Å². The Morgan fingerprint density at radius 2 is 1.81 bits per heavy atom. The molecule has 190 valence electrons. The van der Waals surface area contributed by atoms with Gasteiger partial charge in [-0.15, -0.1) is 0 Å². The van der Waals surface area contributed by atoms with Crippen LogP contribution in [0.4, 0.5) is 0 Å². The number of carbonyl (C=O) groups excluding carboxylic acids is 2. The zero-order valence-corrected chi connectivity index (χ0v) is 21.4. The Kier molecular flexibility index (Phi) is 9.12. The molecular formula is C31H39N3O2. The van der Waals surface area contributed by atoms with Gasteiger partial charge in [0.25, 0.3) is 5.91 Å². The van der Waals surface area contributed by atoms with Gasteiger partial charge in [0.05, 0.1) is 0 Å². The molecule has 3 N–H and O–H groups in total. The highest BCUT2D eigenvalue weighted by Crippen LogP contribution is 2.29. The smallest absolute Gasteiger partial charge is 0.251 e. The lowest BCUT2D eigenvalue weighted by molar-refractivity contribution is -0.135. The summed E-state index contributed by atoms with van der Waals surface area (Å²) in [4.78, 5) is 28.6. The predicted octanol–water partition coefficient (Wildman–Crippen LogP) is 5.36. The van der Waals surface area contributed by atoms with E-state index in [1.165, 1.54) is 5.56 Å². The Morgan fingerprint density at radius 3 is 2.56 bits per heavy atom. The van der Waals surface area contributed by atoms with Gasteiger partial charge in [0.2, 0.25) is 5.91 Å². The van der Waals surface area contributed by atoms with Crippen molar-refractivity contribution in [3.05, 3.63) is 83.9 Å². The SMILES string of the molecule is CC[C@H](CN1CC[C@@H](CNC(=O)c2ccc3ccccc3c2)C[C@@H](CCCN)C1=O)c1ccccc1. The molecule has 3 aromatic carbocycles. The number of amides is 2. The standard InChI is InChI=1S/C31H39N3O2/c1-2-24(25-9-4-3-5-10-25)22-34-18-16-23(19-29(31(34)36)13-8-17-32)21-33-30(35)28-15-14-26-11-6-7-12-27(26)20-28/h3-7,9-12,14-15,20,23-24,29H,2,8,13,16-19,21-22,32H2,1H3,(H,33,35)/t23-,24-,29-/m1/s1. The third kappa shape index (κ3) is 6.52. The number of nitrogens with two attached hydrogens (primary N) is 1. The van der Waals surface area contributed by atoms with E-state index in [2.05, 4.69) is 41.4 Å². The molecule has 0 unspecified atom stereocenters. The van der Waals surface area contributed by atoms with Crippen LogP contribution in [0.15, 0.2) is 72.8 Å². The van der Waals surface area contributed by atoms with E-state index in [0.29, 0.717) is 24.6 Å². The molecular weight excluding hydrogens is 446 g/mol. The Balaban J connectivity index is 1.42. The molecule has 4 rings (SSSR count). The largest absolute Gasteiger partial charge is 0.352 e. The lowest BCUT2D eigenvalue weighted by Crippen LogP contribution is -2.38. The van der Waals surface area contributed by atoms with Crippen LogP contribution in [-0.2, 0) is 4.79 Å². The maximum atomic E-state index is 13.6. The zero-order valence-electron chi connectivity index (χ0n) is 21.4. The van der Waals surface area contributed by atoms with Crippen molar-refractivity contribution in [2.75, 3.05) is 26.2 Å². The van der Waals surface area contributed by atoms with Crippen LogP contribution in [0.2, 0.25) is 0 Å². The third-order valence-electron chi connectivity index (χ3n) is 7.61. The number of carbonyl (C=O) groups is 2. The van der Waals surface area contributed by atoms with Crippen LogP contribution in [-0.4, -0.2) is 42.9 Å². The van der Waals surface area contributed by atoms with Crippen molar-refractivity contribution in [3.8, 4) is 0 Å². The van der Waals surface area contributed by atoms with Crippen molar-refractivity contribution >= 4 is 22.6 Å². The lowest BCUT2D eigenvalue weighted by Gasteiger charge is -2.28. The average Bonchev–Trinajstić information content (AvgIpc) is 3.07. The van der Waals surface area contributed by atoms with Crippen LogP contribution >= 0.6 is 0 Å². The number of nitrogens with zero attached hydrogens (tertiary/aromatic N) is 1. The van der Waals surface area contributed by atoms with Crippen LogP contribution in [0.25, 0.3) is 10.8 Å². The van der Waals surface area contributed by atoms with Gasteiger partial charge in [-0.25, -0.2) is 0 Å². The number of likely N-dealkylation sites (tertiary alicyclic amines) is 1. The van der Waals surface area contributed by atoms with E-state index in [-0.39, 0.29) is 23.7 Å². The minimum absolute atomic E-state index is 0.0353. The fourth-order valence-corrected chi connectivity index (χ4v) is 5.43. The molecule has 1 heterocycles. The first-order chi connectivity index (χ1) is 17.6. The highest BCUT2D eigenvalue weighted by Gasteiger charge is 2.32. The quantitative estimate of drug-likeness (QED) is 0.406. The molecule has 1 saturated heterocycles. The molecule has 3 aromatic rings. The van der Waals surface area contributed by atoms with Gasteiger partial charge < -0.3 is 16.0 Å². The van der Waals surface area contributed by atoms with E-state index in [0.717, 1.165) is 56.0 Å². The number of hydrogen-bond donors (Lipinski definition) is 2. The van der Waals surface area contributed by atoms with Gasteiger partial charge in [-0.3, -0.25) is 9.59 Å². The van der Waals surface area contributed by atoms with Crippen LogP contribution in [0.5, 0.6) is 0 Å². The second-order valence-electron chi connectivity index (χ2n) is 10.1. The van der Waals surface area contributed by atoms with Crippen molar-refractivity contribution in [2.45, 2.75) is 44.9 Å². The minimum Gasteiger partial charge on any atom is -0.352 e. The first kappa shape index (κ1) is 25.9. The van der Waals surface area contributed by atoms with E-state index >= 15 is 0 Å². The summed E-state index contributed by atoms with van der Waals surface area (Å²) >= 11 is 0. The summed E-state index contributed by atoms with van der Waals surface area (Å²) in [5, 5.41) is 5.34. The Hall–Kier alpha value is -3.18. The van der Waals surface area contributed by atoms with Crippen LogP contribution < -0.4 is 11.1 Å². The predicted molar refractivity (Wildman–Crippen MR) is 147 cm³/mol. The van der Waals surface area contributed by atoms with Crippen molar-refractivity contribution < 1.29 is 9.59 Å². The lowest BCUT2D eigenvalue weighted by atomic mass is 9.89. The molecule has 2 amide bonds. The summed E-state index contributed by atoms with van der Waals surface area (Å²) in [7, 11) is 0. The maximum Gasteiger partial charge on any atom is 0.251 e. The van der Waals surface area contributed by atoms with Crippen molar-refractivity contribution in [1.82, 2.24) is 10.2 Å². The molecule has 0 saturated carbocycles.